The number of benzene rings is 3. The topological polar surface area (TPSA) is 130 Å². The zero-order chi connectivity index (χ0) is 21.3. The summed E-state index contributed by atoms with van der Waals surface area (Å²) in [6.45, 7) is -0.352. The highest BCUT2D eigenvalue weighted by atomic mass is 79.9. The van der Waals surface area contributed by atoms with Crippen molar-refractivity contribution in [3.05, 3.63) is 69.2 Å². The van der Waals surface area contributed by atoms with Gasteiger partial charge in [-0.15, -0.1) is 10.2 Å². The lowest BCUT2D eigenvalue weighted by Crippen LogP contribution is -2.07. The van der Waals surface area contributed by atoms with Gasteiger partial charge in [-0.2, -0.15) is 0 Å². The molecule has 1 amide bonds. The van der Waals surface area contributed by atoms with Crippen LogP contribution in [0.2, 0.25) is 0 Å². The number of fused-ring (bicyclic) bond motifs is 2. The maximum absolute atomic E-state index is 12.1. The number of carbonyl (C=O) groups is 1. The second kappa shape index (κ2) is 7.91. The number of H-pyrrole nitrogens is 1. The lowest BCUT2D eigenvalue weighted by atomic mass is 10.1. The Bertz CT molecular complexity index is 1330. The van der Waals surface area contributed by atoms with E-state index in [4.69, 9.17) is 4.74 Å². The fourth-order valence-corrected chi connectivity index (χ4v) is 3.31. The molecule has 0 atom stereocenters. The van der Waals surface area contributed by atoms with Crippen molar-refractivity contribution in [3.63, 3.8) is 0 Å². The fraction of sp³-hybridized carbons (Fsp3) is 0.0500. The Morgan fingerprint density at radius 2 is 1.90 bits per heavy atom. The Morgan fingerprint density at radius 3 is 2.70 bits per heavy atom. The first-order valence-corrected chi connectivity index (χ1v) is 9.46. The van der Waals surface area contributed by atoms with Gasteiger partial charge in [-0.3, -0.25) is 14.9 Å². The SMILES string of the molecule is O=C(COc1ccc2cc(Br)ccc2c1)N=Nc1c(O)[nH]c2ccc([N+](=O)[O-])cc12. The minimum Gasteiger partial charge on any atom is -0.493 e. The number of hydrogen-bond donors (Lipinski definition) is 2. The van der Waals surface area contributed by atoms with Crippen molar-refractivity contribution in [2.75, 3.05) is 6.61 Å². The van der Waals surface area contributed by atoms with Crippen molar-refractivity contribution in [2.24, 2.45) is 10.2 Å². The molecule has 3 aromatic carbocycles. The van der Waals surface area contributed by atoms with E-state index in [1.165, 1.54) is 18.2 Å². The second-order valence-corrected chi connectivity index (χ2v) is 7.26. The average Bonchev–Trinajstić information content (AvgIpc) is 3.04. The van der Waals surface area contributed by atoms with Crippen molar-refractivity contribution in [2.45, 2.75) is 0 Å². The molecule has 2 N–H and O–H groups in total. The standard InChI is InChI=1S/C20H13BrN4O5/c21-13-3-1-12-8-15(5-2-11(12)7-13)30-10-18(26)23-24-19-16-9-14(25(28)29)4-6-17(16)22-20(19)27/h1-9,22,27H,10H2. The zero-order valence-corrected chi connectivity index (χ0v) is 16.8. The van der Waals surface area contributed by atoms with Crippen LogP contribution >= 0.6 is 15.9 Å². The number of amides is 1. The first-order chi connectivity index (χ1) is 14.4. The number of ether oxygens (including phenoxy) is 1. The van der Waals surface area contributed by atoms with E-state index in [2.05, 4.69) is 31.1 Å². The van der Waals surface area contributed by atoms with E-state index in [1.807, 2.05) is 24.3 Å². The van der Waals surface area contributed by atoms with Crippen LogP contribution < -0.4 is 4.74 Å². The minimum atomic E-state index is -0.676. The van der Waals surface area contributed by atoms with Crippen LogP contribution in [-0.4, -0.2) is 27.5 Å². The molecular weight excluding hydrogens is 456 g/mol. The predicted octanol–water partition coefficient (Wildman–Crippen LogP) is 5.39. The van der Waals surface area contributed by atoms with Gasteiger partial charge in [0.15, 0.2) is 12.3 Å². The summed E-state index contributed by atoms with van der Waals surface area (Å²) in [7, 11) is 0. The van der Waals surface area contributed by atoms with Crippen LogP contribution in [0.5, 0.6) is 11.6 Å². The summed E-state index contributed by atoms with van der Waals surface area (Å²) < 4.78 is 6.43. The van der Waals surface area contributed by atoms with Gasteiger partial charge in [0.1, 0.15) is 5.75 Å². The lowest BCUT2D eigenvalue weighted by Gasteiger charge is -2.05. The van der Waals surface area contributed by atoms with E-state index >= 15 is 0 Å². The number of aromatic hydroxyl groups is 1. The Hall–Kier alpha value is -3.79. The second-order valence-electron chi connectivity index (χ2n) is 6.34. The van der Waals surface area contributed by atoms with Gasteiger partial charge in [-0.25, -0.2) is 0 Å². The van der Waals surface area contributed by atoms with Crippen LogP contribution in [0.1, 0.15) is 0 Å². The minimum absolute atomic E-state index is 0.0571. The summed E-state index contributed by atoms with van der Waals surface area (Å²) in [4.78, 5) is 25.1. The third-order valence-electron chi connectivity index (χ3n) is 4.34. The highest BCUT2D eigenvalue weighted by Crippen LogP contribution is 2.37. The van der Waals surface area contributed by atoms with Crippen LogP contribution in [0.15, 0.2) is 69.3 Å². The molecular formula is C20H13BrN4O5. The highest BCUT2D eigenvalue weighted by Gasteiger charge is 2.15. The average molecular weight is 469 g/mol. The number of aromatic nitrogens is 1. The Morgan fingerprint density at radius 1 is 1.13 bits per heavy atom. The van der Waals surface area contributed by atoms with Crippen molar-refractivity contribution < 1.29 is 19.6 Å². The van der Waals surface area contributed by atoms with E-state index < -0.39 is 10.8 Å². The summed E-state index contributed by atoms with van der Waals surface area (Å²) >= 11 is 3.41. The van der Waals surface area contributed by atoms with Gasteiger partial charge in [0.2, 0.25) is 5.88 Å². The number of non-ortho nitro benzene ring substituents is 1. The van der Waals surface area contributed by atoms with E-state index in [0.29, 0.717) is 11.3 Å². The maximum atomic E-state index is 12.1. The number of nitrogens with one attached hydrogen (secondary N) is 1. The van der Waals surface area contributed by atoms with Gasteiger partial charge in [0.25, 0.3) is 5.69 Å². The molecule has 1 aromatic heterocycles. The molecule has 0 aliphatic carbocycles. The molecule has 0 spiro atoms. The molecule has 0 fully saturated rings. The van der Waals surface area contributed by atoms with Gasteiger partial charge in [0, 0.05) is 22.0 Å². The molecule has 0 radical (unpaired) electrons. The molecule has 9 nitrogen and oxygen atoms in total. The maximum Gasteiger partial charge on any atom is 0.302 e. The first kappa shape index (κ1) is 19.5. The third-order valence-corrected chi connectivity index (χ3v) is 4.84. The number of nitro benzene ring substituents is 1. The normalized spacial score (nSPS) is 11.4. The van der Waals surface area contributed by atoms with Crippen molar-refractivity contribution >= 4 is 54.9 Å². The Kier molecular flexibility index (Phi) is 5.15. The summed E-state index contributed by atoms with van der Waals surface area (Å²) in [5.74, 6) is -0.521. The van der Waals surface area contributed by atoms with Crippen LogP contribution in [0.3, 0.4) is 0 Å². The summed E-state index contributed by atoms with van der Waals surface area (Å²) in [5.41, 5.74) is 0.202. The van der Waals surface area contributed by atoms with E-state index in [1.54, 1.807) is 12.1 Å². The number of aromatic amines is 1. The van der Waals surface area contributed by atoms with Gasteiger partial charge < -0.3 is 14.8 Å². The van der Waals surface area contributed by atoms with Crippen LogP contribution in [-0.2, 0) is 4.79 Å². The van der Waals surface area contributed by atoms with Crippen molar-refractivity contribution in [1.82, 2.24) is 4.98 Å². The zero-order valence-electron chi connectivity index (χ0n) is 15.2. The van der Waals surface area contributed by atoms with Crippen molar-refractivity contribution in [1.29, 1.82) is 0 Å². The van der Waals surface area contributed by atoms with Crippen molar-refractivity contribution in [3.8, 4) is 11.6 Å². The number of nitro groups is 1. The molecule has 0 aliphatic heterocycles. The van der Waals surface area contributed by atoms with Crippen LogP contribution in [0, 0.1) is 10.1 Å². The molecule has 10 heteroatoms. The lowest BCUT2D eigenvalue weighted by molar-refractivity contribution is -0.384. The van der Waals surface area contributed by atoms with Gasteiger partial charge >= 0.3 is 5.91 Å². The quantitative estimate of drug-likeness (QED) is 0.230. The van der Waals surface area contributed by atoms with E-state index in [-0.39, 0.29) is 29.2 Å². The monoisotopic (exact) mass is 468 g/mol. The summed E-state index contributed by atoms with van der Waals surface area (Å²) in [6, 6.07) is 15.2. The summed E-state index contributed by atoms with van der Waals surface area (Å²) in [5, 5.41) is 30.5. The molecule has 0 aliphatic rings. The van der Waals surface area contributed by atoms with Gasteiger partial charge in [-0.05, 0) is 41.1 Å². The molecule has 4 rings (SSSR count). The molecule has 0 bridgehead atoms. The number of azo groups is 1. The largest absolute Gasteiger partial charge is 0.493 e. The summed E-state index contributed by atoms with van der Waals surface area (Å²) in [6.07, 6.45) is 0. The molecule has 4 aromatic rings. The molecule has 0 saturated carbocycles. The first-order valence-electron chi connectivity index (χ1n) is 8.66. The molecule has 1 heterocycles. The van der Waals surface area contributed by atoms with E-state index in [0.717, 1.165) is 15.2 Å². The number of nitrogens with zero attached hydrogens (tertiary/aromatic N) is 3. The highest BCUT2D eigenvalue weighted by molar-refractivity contribution is 9.10. The molecule has 30 heavy (non-hydrogen) atoms. The Balaban J connectivity index is 1.49. The number of carbonyl (C=O) groups excluding carboxylic acids is 1. The number of hydrogen-bond acceptors (Lipinski definition) is 6. The van der Waals surface area contributed by atoms with Gasteiger partial charge in [0.05, 0.1) is 10.4 Å². The smallest absolute Gasteiger partial charge is 0.302 e. The predicted molar refractivity (Wildman–Crippen MR) is 113 cm³/mol. The number of rotatable bonds is 5. The van der Waals surface area contributed by atoms with E-state index in [9.17, 15) is 20.0 Å². The fourth-order valence-electron chi connectivity index (χ4n) is 2.93. The molecule has 150 valence electrons. The third kappa shape index (κ3) is 3.98. The number of halogens is 1. The van der Waals surface area contributed by atoms with Crippen LogP contribution in [0.4, 0.5) is 11.4 Å². The van der Waals surface area contributed by atoms with Gasteiger partial charge in [-0.1, -0.05) is 28.1 Å². The Labute approximate surface area is 177 Å². The molecule has 0 saturated heterocycles. The molecule has 0 unspecified atom stereocenters. The van der Waals surface area contributed by atoms with Crippen LogP contribution in [0.25, 0.3) is 21.7 Å².